The van der Waals surface area contributed by atoms with Crippen LogP contribution in [0.15, 0.2) is 18.2 Å². The number of rotatable bonds is 5. The first-order valence-electron chi connectivity index (χ1n) is 11.8. The normalized spacial score (nSPS) is 23.1. The second-order valence-corrected chi connectivity index (χ2v) is 10.6. The first kappa shape index (κ1) is 22.7. The maximum absolute atomic E-state index is 14.0. The average Bonchev–Trinajstić information content (AvgIpc) is 3.26. The Balaban J connectivity index is 0.924. The number of hydrogen-bond donors (Lipinski definition) is 3. The fourth-order valence-electron chi connectivity index (χ4n) is 5.43. The van der Waals surface area contributed by atoms with E-state index in [1.807, 2.05) is 4.90 Å². The number of aromatic amines is 1. The molecule has 1 spiro atoms. The van der Waals surface area contributed by atoms with Gasteiger partial charge in [-0.2, -0.15) is 18.3 Å². The van der Waals surface area contributed by atoms with Crippen LogP contribution >= 0.6 is 0 Å². The third-order valence-electron chi connectivity index (χ3n) is 7.82. The van der Waals surface area contributed by atoms with Gasteiger partial charge in [-0.1, -0.05) is 6.07 Å². The number of amides is 2. The summed E-state index contributed by atoms with van der Waals surface area (Å²) < 4.78 is 52.0. The Labute approximate surface area is 198 Å². The van der Waals surface area contributed by atoms with Crippen molar-refractivity contribution < 1.29 is 27.5 Å². The zero-order valence-electron chi connectivity index (χ0n) is 18.9. The minimum Gasteiger partial charge on any atom is -0.382 e. The molecule has 4 aliphatic rings. The number of nitrogens with one attached hydrogen (secondary N) is 2. The molecule has 2 saturated heterocycles. The van der Waals surface area contributed by atoms with Crippen molar-refractivity contribution in [1.29, 1.82) is 0 Å². The van der Waals surface area contributed by atoms with E-state index in [0.717, 1.165) is 30.8 Å². The second-order valence-electron chi connectivity index (χ2n) is 10.6. The lowest BCUT2D eigenvalue weighted by molar-refractivity contribution is -0.137. The third-order valence-corrected chi connectivity index (χ3v) is 7.82. The van der Waals surface area contributed by atoms with Crippen molar-refractivity contribution in [3.63, 3.8) is 0 Å². The summed E-state index contributed by atoms with van der Waals surface area (Å²) in [7, 11) is 0. The zero-order valence-corrected chi connectivity index (χ0v) is 18.9. The Bertz CT molecular complexity index is 1140. The molecule has 2 aliphatic carbocycles. The summed E-state index contributed by atoms with van der Waals surface area (Å²) in [6, 6.07) is 2.49. The van der Waals surface area contributed by atoms with E-state index in [1.54, 1.807) is 4.90 Å². The van der Waals surface area contributed by atoms with E-state index < -0.39 is 23.2 Å². The van der Waals surface area contributed by atoms with Crippen molar-refractivity contribution in [3.05, 3.63) is 46.8 Å². The number of H-pyrrole nitrogens is 1. The summed E-state index contributed by atoms with van der Waals surface area (Å²) in [6.45, 7) is 2.48. The molecule has 4 fully saturated rings. The van der Waals surface area contributed by atoms with E-state index in [1.165, 1.54) is 0 Å². The summed E-state index contributed by atoms with van der Waals surface area (Å²) in [6.07, 6.45) is -1.29. The van der Waals surface area contributed by atoms with E-state index in [2.05, 4.69) is 20.5 Å². The van der Waals surface area contributed by atoms with Gasteiger partial charge < -0.3 is 20.2 Å². The molecule has 6 rings (SSSR count). The van der Waals surface area contributed by atoms with Crippen molar-refractivity contribution in [2.24, 2.45) is 5.41 Å². The van der Waals surface area contributed by atoms with Crippen molar-refractivity contribution >= 4 is 6.03 Å². The zero-order chi connectivity index (χ0) is 24.6. The van der Waals surface area contributed by atoms with E-state index in [-0.39, 0.29) is 35.5 Å². The molecule has 3 heterocycles. The van der Waals surface area contributed by atoms with Crippen LogP contribution in [0.5, 0.6) is 0 Å². The van der Waals surface area contributed by atoms with E-state index in [4.69, 9.17) is 0 Å². The monoisotopic (exact) mass is 494 g/mol. The Morgan fingerprint density at radius 2 is 1.91 bits per heavy atom. The van der Waals surface area contributed by atoms with Gasteiger partial charge in [0.1, 0.15) is 17.2 Å². The molecular weight excluding hydrogens is 468 g/mol. The SMILES string of the molecule is O=C(N1CC(NCc2ccc(C(F)(F)F)cc2F)C1)N1CC2(CC(c3nc(C4(O)CC4)n[nH]3)C2)C1. The molecule has 3 N–H and O–H groups in total. The second kappa shape index (κ2) is 7.63. The smallest absolute Gasteiger partial charge is 0.382 e. The summed E-state index contributed by atoms with van der Waals surface area (Å²) in [4.78, 5) is 20.8. The molecular formula is C23H26F4N6O2. The number of benzene rings is 1. The topological polar surface area (TPSA) is 97.4 Å². The maximum atomic E-state index is 14.0. The third kappa shape index (κ3) is 4.06. The standard InChI is InChI=1S/C23H26F4N6O2/c24-17-5-15(23(25,26)27)2-1-13(17)8-28-16-9-32(10-16)20(34)33-11-21(12-33)6-14(7-21)18-29-19(31-30-18)22(35)3-4-22/h1-2,5,14,16,28,35H,3-4,6-12H2,(H,29,30,31). The van der Waals surface area contributed by atoms with Crippen LogP contribution in [-0.2, 0) is 18.3 Å². The number of nitrogens with zero attached hydrogens (tertiary/aromatic N) is 4. The molecule has 0 unspecified atom stereocenters. The van der Waals surface area contributed by atoms with Crippen LogP contribution in [0.1, 0.15) is 54.4 Å². The van der Waals surface area contributed by atoms with Crippen molar-refractivity contribution in [2.75, 3.05) is 26.2 Å². The maximum Gasteiger partial charge on any atom is 0.416 e. The summed E-state index contributed by atoms with van der Waals surface area (Å²) in [5.41, 5.74) is -1.55. The quantitative estimate of drug-likeness (QED) is 0.556. The molecule has 35 heavy (non-hydrogen) atoms. The molecule has 2 saturated carbocycles. The number of urea groups is 1. The summed E-state index contributed by atoms with van der Waals surface area (Å²) in [5.74, 6) is 0.686. The van der Waals surface area contributed by atoms with Gasteiger partial charge in [0.25, 0.3) is 0 Å². The predicted octanol–water partition coefficient (Wildman–Crippen LogP) is 2.72. The van der Waals surface area contributed by atoms with E-state index in [9.17, 15) is 27.5 Å². The molecule has 2 aliphatic heterocycles. The number of hydrogen-bond acceptors (Lipinski definition) is 5. The Kier molecular flexibility index (Phi) is 4.95. The fraction of sp³-hybridized carbons (Fsp3) is 0.609. The highest BCUT2D eigenvalue weighted by molar-refractivity contribution is 5.76. The summed E-state index contributed by atoms with van der Waals surface area (Å²) in [5, 5.41) is 20.4. The van der Waals surface area contributed by atoms with Crippen LogP contribution in [0.3, 0.4) is 0 Å². The predicted molar refractivity (Wildman–Crippen MR) is 114 cm³/mol. The Morgan fingerprint density at radius 3 is 2.54 bits per heavy atom. The highest BCUT2D eigenvalue weighted by Crippen LogP contribution is 2.56. The number of halogens is 4. The highest BCUT2D eigenvalue weighted by atomic mass is 19.4. The van der Waals surface area contributed by atoms with Crippen molar-refractivity contribution in [2.45, 2.75) is 56.0 Å². The average molecular weight is 494 g/mol. The van der Waals surface area contributed by atoms with Crippen LogP contribution in [0.25, 0.3) is 0 Å². The van der Waals surface area contributed by atoms with Crippen LogP contribution in [0.2, 0.25) is 0 Å². The van der Waals surface area contributed by atoms with Crippen molar-refractivity contribution in [3.8, 4) is 0 Å². The van der Waals surface area contributed by atoms with E-state index in [0.29, 0.717) is 50.9 Å². The van der Waals surface area contributed by atoms with Gasteiger partial charge in [0.15, 0.2) is 5.82 Å². The van der Waals surface area contributed by atoms with Gasteiger partial charge in [-0.05, 0) is 37.8 Å². The molecule has 0 radical (unpaired) electrons. The molecule has 8 nitrogen and oxygen atoms in total. The molecule has 12 heteroatoms. The van der Waals surface area contributed by atoms with E-state index >= 15 is 0 Å². The van der Waals surface area contributed by atoms with Gasteiger partial charge in [-0.3, -0.25) is 5.10 Å². The van der Waals surface area contributed by atoms with Gasteiger partial charge in [0.2, 0.25) is 0 Å². The van der Waals surface area contributed by atoms with Gasteiger partial charge in [0, 0.05) is 55.7 Å². The number of aromatic nitrogens is 3. The number of aliphatic hydroxyl groups is 1. The van der Waals surface area contributed by atoms with Crippen LogP contribution < -0.4 is 5.32 Å². The van der Waals surface area contributed by atoms with Gasteiger partial charge in [-0.15, -0.1) is 0 Å². The minimum atomic E-state index is -4.57. The highest BCUT2D eigenvalue weighted by Gasteiger charge is 2.56. The number of carbonyl (C=O) groups is 1. The number of carbonyl (C=O) groups excluding carboxylic acids is 1. The molecule has 2 amide bonds. The molecule has 188 valence electrons. The minimum absolute atomic E-state index is 0.0178. The molecule has 1 aromatic carbocycles. The Morgan fingerprint density at radius 1 is 1.20 bits per heavy atom. The number of likely N-dealkylation sites (tertiary alicyclic amines) is 2. The van der Waals surface area contributed by atoms with Gasteiger partial charge >= 0.3 is 12.2 Å². The molecule has 2 aromatic rings. The lowest BCUT2D eigenvalue weighted by atomic mass is 9.57. The van der Waals surface area contributed by atoms with Crippen molar-refractivity contribution in [1.82, 2.24) is 30.3 Å². The van der Waals surface area contributed by atoms with Gasteiger partial charge in [-0.25, -0.2) is 14.2 Å². The molecule has 1 aromatic heterocycles. The Hall–Kier alpha value is -2.73. The first-order chi connectivity index (χ1) is 16.5. The van der Waals surface area contributed by atoms with Crippen LogP contribution in [0.4, 0.5) is 22.4 Å². The van der Waals surface area contributed by atoms with Gasteiger partial charge in [0.05, 0.1) is 5.56 Å². The molecule has 0 atom stereocenters. The fourth-order valence-corrected chi connectivity index (χ4v) is 5.43. The largest absolute Gasteiger partial charge is 0.416 e. The first-order valence-corrected chi connectivity index (χ1v) is 11.8. The number of alkyl halides is 3. The lowest BCUT2D eigenvalue weighted by Gasteiger charge is -2.59. The van der Waals surface area contributed by atoms with Crippen LogP contribution in [0, 0.1) is 11.2 Å². The summed E-state index contributed by atoms with van der Waals surface area (Å²) >= 11 is 0. The van der Waals surface area contributed by atoms with Crippen LogP contribution in [-0.4, -0.2) is 68.3 Å². The lowest BCUT2D eigenvalue weighted by Crippen LogP contribution is -2.69. The molecule has 0 bridgehead atoms.